The molecule has 2 aromatic rings. The molecule has 0 aliphatic carbocycles. The zero-order valence-corrected chi connectivity index (χ0v) is 11.5. The number of halogens is 3. The van der Waals surface area contributed by atoms with E-state index < -0.39 is 23.5 Å². The second kappa shape index (κ2) is 5.58. The van der Waals surface area contributed by atoms with Crippen molar-refractivity contribution in [2.24, 2.45) is 0 Å². The number of hydrogen-bond acceptors (Lipinski definition) is 4. The molecule has 0 aliphatic rings. The minimum absolute atomic E-state index is 0.00125. The number of carboxylic acids is 1. The minimum Gasteiger partial charge on any atom is -0.497 e. The number of aromatic carboxylic acids is 1. The zero-order chi connectivity index (χ0) is 16.5. The van der Waals surface area contributed by atoms with E-state index in [-0.39, 0.29) is 22.7 Å². The largest absolute Gasteiger partial charge is 0.497 e. The van der Waals surface area contributed by atoms with Crippen LogP contribution in [-0.2, 0) is 6.18 Å². The standard InChI is InChI=1S/C13H11F3N2O4/c1-21-6-3-7(9-5-10(12(19)20)18-17-9)11(22-2)8(4-6)13(14,15)16/h3-5H,1-2H3,(H,17,18)(H,19,20). The van der Waals surface area contributed by atoms with Gasteiger partial charge >= 0.3 is 12.1 Å². The van der Waals surface area contributed by atoms with Gasteiger partial charge in [0.15, 0.2) is 0 Å². The maximum atomic E-state index is 13.1. The van der Waals surface area contributed by atoms with Crippen LogP contribution in [0, 0.1) is 0 Å². The number of carbonyl (C=O) groups is 1. The number of alkyl halides is 3. The maximum Gasteiger partial charge on any atom is 0.420 e. The Balaban J connectivity index is 2.70. The van der Waals surface area contributed by atoms with Gasteiger partial charge in [-0.15, -0.1) is 0 Å². The molecule has 0 aliphatic heterocycles. The first-order chi connectivity index (χ1) is 10.3. The van der Waals surface area contributed by atoms with E-state index in [4.69, 9.17) is 14.6 Å². The van der Waals surface area contributed by atoms with Gasteiger partial charge in [-0.05, 0) is 18.2 Å². The lowest BCUT2D eigenvalue weighted by Crippen LogP contribution is -2.09. The lowest BCUT2D eigenvalue weighted by molar-refractivity contribution is -0.138. The molecular formula is C13H11F3N2O4. The Morgan fingerprint density at radius 1 is 1.23 bits per heavy atom. The first-order valence-corrected chi connectivity index (χ1v) is 5.90. The molecular weight excluding hydrogens is 305 g/mol. The van der Waals surface area contributed by atoms with Crippen LogP contribution in [0.2, 0.25) is 0 Å². The summed E-state index contributed by atoms with van der Waals surface area (Å²) in [6.07, 6.45) is -4.67. The van der Waals surface area contributed by atoms with E-state index in [0.717, 1.165) is 19.2 Å². The highest BCUT2D eigenvalue weighted by Crippen LogP contribution is 2.44. The van der Waals surface area contributed by atoms with Crippen molar-refractivity contribution in [2.45, 2.75) is 6.18 Å². The van der Waals surface area contributed by atoms with E-state index in [1.165, 1.54) is 13.2 Å². The molecule has 1 heterocycles. The molecule has 0 unspecified atom stereocenters. The Hall–Kier alpha value is -2.71. The van der Waals surface area contributed by atoms with Gasteiger partial charge in [-0.3, -0.25) is 5.10 Å². The number of hydrogen-bond donors (Lipinski definition) is 2. The van der Waals surface area contributed by atoms with Gasteiger partial charge in [0, 0.05) is 5.56 Å². The molecule has 6 nitrogen and oxygen atoms in total. The number of aromatic nitrogens is 2. The third-order valence-corrected chi connectivity index (χ3v) is 2.89. The van der Waals surface area contributed by atoms with Crippen LogP contribution in [-0.4, -0.2) is 35.5 Å². The summed E-state index contributed by atoms with van der Waals surface area (Å²) in [5.41, 5.74) is -1.32. The number of benzene rings is 1. The number of nitrogens with one attached hydrogen (secondary N) is 1. The fourth-order valence-electron chi connectivity index (χ4n) is 1.91. The van der Waals surface area contributed by atoms with E-state index in [0.29, 0.717) is 0 Å². The van der Waals surface area contributed by atoms with Crippen molar-refractivity contribution >= 4 is 5.97 Å². The van der Waals surface area contributed by atoms with E-state index in [1.807, 2.05) is 0 Å². The van der Waals surface area contributed by atoms with Crippen LogP contribution >= 0.6 is 0 Å². The van der Waals surface area contributed by atoms with Gasteiger partial charge in [0.25, 0.3) is 0 Å². The van der Waals surface area contributed by atoms with Gasteiger partial charge < -0.3 is 14.6 Å². The van der Waals surface area contributed by atoms with Gasteiger partial charge in [0.1, 0.15) is 22.8 Å². The van der Waals surface area contributed by atoms with Crippen LogP contribution in [0.5, 0.6) is 11.5 Å². The second-order valence-corrected chi connectivity index (χ2v) is 4.23. The molecule has 0 bridgehead atoms. The molecule has 22 heavy (non-hydrogen) atoms. The number of ether oxygens (including phenoxy) is 2. The Morgan fingerprint density at radius 2 is 1.91 bits per heavy atom. The van der Waals surface area contributed by atoms with E-state index in [1.54, 1.807) is 0 Å². The Kier molecular flexibility index (Phi) is 3.98. The summed E-state index contributed by atoms with van der Waals surface area (Å²) in [6.45, 7) is 0. The number of methoxy groups -OCH3 is 2. The Morgan fingerprint density at radius 3 is 2.36 bits per heavy atom. The molecule has 0 atom stereocenters. The topological polar surface area (TPSA) is 84.4 Å². The lowest BCUT2D eigenvalue weighted by atomic mass is 10.0. The van der Waals surface area contributed by atoms with E-state index >= 15 is 0 Å². The average Bonchev–Trinajstić information content (AvgIpc) is 2.94. The van der Waals surface area contributed by atoms with Crippen LogP contribution < -0.4 is 9.47 Å². The quantitative estimate of drug-likeness (QED) is 0.906. The summed E-state index contributed by atoms with van der Waals surface area (Å²) in [4.78, 5) is 10.8. The number of rotatable bonds is 4. The molecule has 0 amide bonds. The van der Waals surface area contributed by atoms with Crippen molar-refractivity contribution in [2.75, 3.05) is 14.2 Å². The molecule has 1 aromatic heterocycles. The van der Waals surface area contributed by atoms with E-state index in [9.17, 15) is 18.0 Å². The summed E-state index contributed by atoms with van der Waals surface area (Å²) >= 11 is 0. The van der Waals surface area contributed by atoms with Crippen LogP contribution in [0.3, 0.4) is 0 Å². The van der Waals surface area contributed by atoms with Crippen molar-refractivity contribution in [3.8, 4) is 22.8 Å². The summed E-state index contributed by atoms with van der Waals surface area (Å²) in [5, 5.41) is 14.8. The zero-order valence-electron chi connectivity index (χ0n) is 11.5. The van der Waals surface area contributed by atoms with Crippen LogP contribution in [0.1, 0.15) is 16.1 Å². The molecule has 2 rings (SSSR count). The molecule has 118 valence electrons. The second-order valence-electron chi connectivity index (χ2n) is 4.23. The molecule has 0 radical (unpaired) electrons. The van der Waals surface area contributed by atoms with Gasteiger partial charge in [-0.1, -0.05) is 0 Å². The molecule has 0 saturated carbocycles. The Labute approximate surface area is 122 Å². The highest BCUT2D eigenvalue weighted by atomic mass is 19.4. The van der Waals surface area contributed by atoms with Gasteiger partial charge in [0.05, 0.1) is 19.9 Å². The van der Waals surface area contributed by atoms with Crippen LogP contribution in [0.25, 0.3) is 11.3 Å². The van der Waals surface area contributed by atoms with Crippen molar-refractivity contribution in [3.05, 3.63) is 29.5 Å². The number of aromatic amines is 1. The summed E-state index contributed by atoms with van der Waals surface area (Å²) < 4.78 is 49.1. The van der Waals surface area contributed by atoms with E-state index in [2.05, 4.69) is 10.2 Å². The van der Waals surface area contributed by atoms with Crippen molar-refractivity contribution < 1.29 is 32.5 Å². The fraction of sp³-hybridized carbons (Fsp3) is 0.231. The van der Waals surface area contributed by atoms with Crippen molar-refractivity contribution in [1.82, 2.24) is 10.2 Å². The van der Waals surface area contributed by atoms with Crippen LogP contribution in [0.15, 0.2) is 18.2 Å². The first kappa shape index (κ1) is 15.7. The predicted octanol–water partition coefficient (Wildman–Crippen LogP) is 2.81. The number of carboxylic acid groups (broad SMARTS) is 1. The molecule has 0 spiro atoms. The number of nitrogens with zero attached hydrogens (tertiary/aromatic N) is 1. The average molecular weight is 316 g/mol. The molecule has 9 heteroatoms. The molecule has 0 saturated heterocycles. The third-order valence-electron chi connectivity index (χ3n) is 2.89. The maximum absolute atomic E-state index is 13.1. The Bertz CT molecular complexity index is 710. The van der Waals surface area contributed by atoms with Crippen molar-refractivity contribution in [3.63, 3.8) is 0 Å². The number of H-pyrrole nitrogens is 1. The summed E-state index contributed by atoms with van der Waals surface area (Å²) in [6, 6.07) is 3.20. The molecule has 2 N–H and O–H groups in total. The summed E-state index contributed by atoms with van der Waals surface area (Å²) in [5.74, 6) is -1.80. The normalized spacial score (nSPS) is 11.3. The third kappa shape index (κ3) is 2.83. The highest BCUT2D eigenvalue weighted by Gasteiger charge is 2.36. The van der Waals surface area contributed by atoms with Crippen LogP contribution in [0.4, 0.5) is 13.2 Å². The molecule has 0 fully saturated rings. The SMILES string of the molecule is COc1cc(-c2cc(C(=O)O)[nH]n2)c(OC)c(C(F)(F)F)c1. The van der Waals surface area contributed by atoms with Gasteiger partial charge in [-0.2, -0.15) is 18.3 Å². The minimum atomic E-state index is -4.67. The van der Waals surface area contributed by atoms with Gasteiger partial charge in [-0.25, -0.2) is 4.79 Å². The molecule has 1 aromatic carbocycles. The summed E-state index contributed by atoms with van der Waals surface area (Å²) in [7, 11) is 2.31. The van der Waals surface area contributed by atoms with Gasteiger partial charge in [0.2, 0.25) is 0 Å². The lowest BCUT2D eigenvalue weighted by Gasteiger charge is -2.16. The highest BCUT2D eigenvalue weighted by molar-refractivity contribution is 5.87. The predicted molar refractivity (Wildman–Crippen MR) is 69.1 cm³/mol. The fourth-order valence-corrected chi connectivity index (χ4v) is 1.91. The monoisotopic (exact) mass is 316 g/mol. The smallest absolute Gasteiger partial charge is 0.420 e. The first-order valence-electron chi connectivity index (χ1n) is 5.90. The van der Waals surface area contributed by atoms with Crippen molar-refractivity contribution in [1.29, 1.82) is 0 Å².